The maximum atomic E-state index is 13.1. The zero-order valence-corrected chi connectivity index (χ0v) is 20.6. The number of para-hydroxylation sites is 1. The second-order valence-electron chi connectivity index (χ2n) is 8.77. The molecule has 0 radical (unpaired) electrons. The maximum absolute atomic E-state index is 13.1. The predicted molar refractivity (Wildman–Crippen MR) is 131 cm³/mol. The Morgan fingerprint density at radius 2 is 1.75 bits per heavy atom. The number of alkyl halides is 3. The highest BCUT2D eigenvalue weighted by Crippen LogP contribution is 2.19. The Hall–Kier alpha value is -4.89. The van der Waals surface area contributed by atoms with Crippen LogP contribution in [0, 0.1) is 0 Å². The molecule has 0 saturated carbocycles. The first kappa shape index (κ1) is 29.7. The standard InChI is InChI=1S/C22H24N6O5.C2HF3O2/c29-19-6-5-16(26-19)20(30)27-17(8-13-10-23-11-25-13)21(31)28-18(22(32)33)7-12-9-24-15-4-2-1-3-14(12)15;3-2(4,5)1(6)7/h1-4,9-11,16-18,24H,5-8H2,(H,23,25)(H,26,29)(H,27,30)(H,28,31)(H,32,33);(H,6,7)/t16-,17-,18-;/m0./s1. The number of hydrogen-bond acceptors (Lipinski definition) is 6. The Morgan fingerprint density at radius 1 is 1.05 bits per heavy atom. The molecule has 1 fully saturated rings. The van der Waals surface area contributed by atoms with Crippen LogP contribution < -0.4 is 16.0 Å². The Labute approximate surface area is 223 Å². The lowest BCUT2D eigenvalue weighted by atomic mass is 10.0. The van der Waals surface area contributed by atoms with Crippen LogP contribution in [0.1, 0.15) is 24.1 Å². The Balaban J connectivity index is 0.000000559. The number of benzene rings is 1. The Kier molecular flexibility index (Phi) is 9.47. The molecule has 0 aliphatic carbocycles. The molecule has 1 aliphatic heterocycles. The van der Waals surface area contributed by atoms with Gasteiger partial charge >= 0.3 is 18.1 Å². The van der Waals surface area contributed by atoms with Gasteiger partial charge in [0.2, 0.25) is 17.7 Å². The van der Waals surface area contributed by atoms with E-state index >= 15 is 0 Å². The van der Waals surface area contributed by atoms with Gasteiger partial charge in [0.05, 0.1) is 6.33 Å². The molecule has 3 heterocycles. The minimum absolute atomic E-state index is 0.0640. The molecular weight excluding hydrogens is 541 g/mol. The number of aromatic nitrogens is 3. The predicted octanol–water partition coefficient (Wildman–Crippen LogP) is 0.642. The number of H-pyrrole nitrogens is 2. The number of fused-ring (bicyclic) bond motifs is 1. The van der Waals surface area contributed by atoms with Gasteiger partial charge in [0.25, 0.3) is 0 Å². The number of nitrogens with one attached hydrogen (secondary N) is 5. The van der Waals surface area contributed by atoms with E-state index in [0.29, 0.717) is 12.1 Å². The number of carboxylic acids is 2. The number of halogens is 3. The molecule has 3 aromatic rings. The van der Waals surface area contributed by atoms with Gasteiger partial charge in [-0.3, -0.25) is 14.4 Å². The van der Waals surface area contributed by atoms with E-state index in [0.717, 1.165) is 16.5 Å². The van der Waals surface area contributed by atoms with Gasteiger partial charge in [0.1, 0.15) is 18.1 Å². The van der Waals surface area contributed by atoms with E-state index in [2.05, 4.69) is 30.9 Å². The molecule has 4 rings (SSSR count). The molecule has 7 N–H and O–H groups in total. The fraction of sp³-hybridized carbons (Fsp3) is 0.333. The second kappa shape index (κ2) is 12.8. The van der Waals surface area contributed by atoms with E-state index < -0.39 is 48.1 Å². The number of hydrogen-bond donors (Lipinski definition) is 7. The van der Waals surface area contributed by atoms with Crippen LogP contribution in [-0.2, 0) is 36.8 Å². The first-order valence-corrected chi connectivity index (χ1v) is 11.8. The normalized spacial score (nSPS) is 16.3. The lowest BCUT2D eigenvalue weighted by molar-refractivity contribution is -0.192. The molecule has 0 bridgehead atoms. The average molecular weight is 566 g/mol. The number of amides is 3. The van der Waals surface area contributed by atoms with Crippen molar-refractivity contribution in [1.82, 2.24) is 30.9 Å². The van der Waals surface area contributed by atoms with E-state index in [9.17, 15) is 37.5 Å². The van der Waals surface area contributed by atoms with Crippen LogP contribution in [0.5, 0.6) is 0 Å². The van der Waals surface area contributed by atoms with Crippen molar-refractivity contribution < 1.29 is 47.4 Å². The van der Waals surface area contributed by atoms with Gasteiger partial charge in [-0.1, -0.05) is 18.2 Å². The highest BCUT2D eigenvalue weighted by atomic mass is 19.4. The molecule has 40 heavy (non-hydrogen) atoms. The minimum Gasteiger partial charge on any atom is -0.480 e. The molecule has 1 aliphatic rings. The van der Waals surface area contributed by atoms with Crippen molar-refractivity contribution in [3.05, 3.63) is 54.2 Å². The number of carboxylic acid groups (broad SMARTS) is 2. The van der Waals surface area contributed by atoms with Crippen molar-refractivity contribution in [2.75, 3.05) is 0 Å². The van der Waals surface area contributed by atoms with E-state index in [4.69, 9.17) is 9.90 Å². The van der Waals surface area contributed by atoms with E-state index in [-0.39, 0.29) is 25.2 Å². The number of aliphatic carboxylic acids is 2. The van der Waals surface area contributed by atoms with Crippen molar-refractivity contribution >= 4 is 40.6 Å². The molecule has 0 unspecified atom stereocenters. The molecule has 16 heteroatoms. The number of carbonyl (C=O) groups excluding carboxylic acids is 3. The molecule has 214 valence electrons. The number of rotatable bonds is 9. The van der Waals surface area contributed by atoms with Crippen LogP contribution in [0.15, 0.2) is 43.0 Å². The third-order valence-corrected chi connectivity index (χ3v) is 5.88. The average Bonchev–Trinajstić information content (AvgIpc) is 3.65. The Bertz CT molecular complexity index is 1370. The highest BCUT2D eigenvalue weighted by Gasteiger charge is 2.38. The van der Waals surface area contributed by atoms with Crippen molar-refractivity contribution in [2.24, 2.45) is 0 Å². The quantitative estimate of drug-likeness (QED) is 0.195. The highest BCUT2D eigenvalue weighted by molar-refractivity contribution is 5.95. The summed E-state index contributed by atoms with van der Waals surface area (Å²) < 4.78 is 31.7. The summed E-state index contributed by atoms with van der Waals surface area (Å²) in [6.45, 7) is 0. The maximum Gasteiger partial charge on any atom is 0.490 e. The Morgan fingerprint density at radius 3 is 2.33 bits per heavy atom. The smallest absolute Gasteiger partial charge is 0.480 e. The van der Waals surface area contributed by atoms with Crippen LogP contribution >= 0.6 is 0 Å². The first-order chi connectivity index (χ1) is 18.8. The van der Waals surface area contributed by atoms with Crippen LogP contribution in [0.3, 0.4) is 0 Å². The van der Waals surface area contributed by atoms with Gasteiger partial charge in [-0.2, -0.15) is 13.2 Å². The summed E-state index contributed by atoms with van der Waals surface area (Å²) in [6, 6.07) is 4.49. The monoisotopic (exact) mass is 566 g/mol. The molecule has 1 aromatic carbocycles. The largest absolute Gasteiger partial charge is 0.490 e. The van der Waals surface area contributed by atoms with Gasteiger partial charge in [0.15, 0.2) is 0 Å². The summed E-state index contributed by atoms with van der Waals surface area (Å²) in [7, 11) is 0. The van der Waals surface area contributed by atoms with Crippen molar-refractivity contribution in [1.29, 1.82) is 0 Å². The third kappa shape index (κ3) is 8.05. The molecule has 0 spiro atoms. The summed E-state index contributed by atoms with van der Waals surface area (Å²) in [5, 5.41) is 25.5. The van der Waals surface area contributed by atoms with Crippen LogP contribution in [0.4, 0.5) is 13.2 Å². The van der Waals surface area contributed by atoms with Crippen molar-refractivity contribution in [2.45, 2.75) is 50.0 Å². The van der Waals surface area contributed by atoms with Gasteiger partial charge < -0.3 is 36.1 Å². The molecule has 1 saturated heterocycles. The van der Waals surface area contributed by atoms with Gasteiger partial charge in [-0.05, 0) is 18.1 Å². The van der Waals surface area contributed by atoms with Crippen molar-refractivity contribution in [3.63, 3.8) is 0 Å². The summed E-state index contributed by atoms with van der Waals surface area (Å²) in [4.78, 5) is 67.8. The summed E-state index contributed by atoms with van der Waals surface area (Å²) >= 11 is 0. The molecule has 3 amide bonds. The molecular formula is C24H25F3N6O7. The first-order valence-electron chi connectivity index (χ1n) is 11.8. The lowest BCUT2D eigenvalue weighted by Crippen LogP contribution is -2.55. The third-order valence-electron chi connectivity index (χ3n) is 5.88. The molecule has 3 atom stereocenters. The molecule has 13 nitrogen and oxygen atoms in total. The van der Waals surface area contributed by atoms with Crippen LogP contribution in [-0.4, -0.2) is 79.1 Å². The van der Waals surface area contributed by atoms with E-state index in [1.807, 2.05) is 24.3 Å². The van der Waals surface area contributed by atoms with Crippen LogP contribution in [0.2, 0.25) is 0 Å². The van der Waals surface area contributed by atoms with Crippen LogP contribution in [0.25, 0.3) is 10.9 Å². The number of imidazole rings is 1. The van der Waals surface area contributed by atoms with Gasteiger partial charge in [0, 0.05) is 48.3 Å². The summed E-state index contributed by atoms with van der Waals surface area (Å²) in [6.07, 6.45) is 0.318. The van der Waals surface area contributed by atoms with Crippen molar-refractivity contribution in [3.8, 4) is 0 Å². The number of carbonyl (C=O) groups is 5. The topological polar surface area (TPSA) is 206 Å². The zero-order chi connectivity index (χ0) is 29.4. The zero-order valence-electron chi connectivity index (χ0n) is 20.6. The second-order valence-corrected chi connectivity index (χ2v) is 8.77. The number of nitrogens with zero attached hydrogens (tertiary/aromatic N) is 1. The fourth-order valence-electron chi connectivity index (χ4n) is 3.90. The lowest BCUT2D eigenvalue weighted by Gasteiger charge is -2.22. The van der Waals surface area contributed by atoms with E-state index in [1.54, 1.807) is 6.20 Å². The van der Waals surface area contributed by atoms with Gasteiger partial charge in [-0.15, -0.1) is 0 Å². The SMILES string of the molecule is O=C(O)C(F)(F)F.O=C1CC[C@@H](C(=O)N[C@@H](Cc2cnc[nH]2)C(=O)N[C@@H](Cc2c[nH]c3ccccc23)C(=O)O)N1. The van der Waals surface area contributed by atoms with E-state index in [1.165, 1.54) is 12.5 Å². The van der Waals surface area contributed by atoms with Gasteiger partial charge in [-0.25, -0.2) is 14.6 Å². The summed E-state index contributed by atoms with van der Waals surface area (Å²) in [5.74, 6) is -5.32. The minimum atomic E-state index is -5.08. The fourth-order valence-corrected chi connectivity index (χ4v) is 3.90. The number of aromatic amines is 2. The summed E-state index contributed by atoms with van der Waals surface area (Å²) in [5.41, 5.74) is 2.21. The molecule has 2 aromatic heterocycles.